The van der Waals surface area contributed by atoms with E-state index in [9.17, 15) is 4.79 Å². The highest BCUT2D eigenvalue weighted by atomic mass is 16.5. The summed E-state index contributed by atoms with van der Waals surface area (Å²) < 4.78 is 10.0. The van der Waals surface area contributed by atoms with E-state index in [4.69, 9.17) is 4.42 Å². The number of ether oxygens (including phenoxy) is 1. The van der Waals surface area contributed by atoms with Gasteiger partial charge in [0.05, 0.1) is 7.11 Å². The van der Waals surface area contributed by atoms with Gasteiger partial charge in [-0.05, 0) is 51.0 Å². The molecule has 1 aromatic heterocycles. The Hall–Kier alpha value is -1.29. The van der Waals surface area contributed by atoms with Crippen LogP contribution in [0.1, 0.15) is 42.0 Å². The first kappa shape index (κ1) is 13.1. The van der Waals surface area contributed by atoms with Gasteiger partial charge in [-0.15, -0.1) is 0 Å². The molecule has 0 radical (unpaired) electrons. The second-order valence-corrected chi connectivity index (χ2v) is 4.76. The number of furan rings is 1. The first-order chi connectivity index (χ1) is 8.79. The van der Waals surface area contributed by atoms with Crippen LogP contribution in [-0.4, -0.2) is 37.6 Å². The van der Waals surface area contributed by atoms with E-state index < -0.39 is 5.97 Å². The van der Waals surface area contributed by atoms with Crippen LogP contribution in [0.4, 0.5) is 0 Å². The molecule has 0 spiro atoms. The minimum Gasteiger partial charge on any atom is -0.463 e. The molecule has 1 aliphatic rings. The first-order valence-corrected chi connectivity index (χ1v) is 6.69. The maximum Gasteiger partial charge on any atom is 0.373 e. The molecule has 1 fully saturated rings. The zero-order valence-electron chi connectivity index (χ0n) is 11.0. The Morgan fingerprint density at radius 1 is 1.33 bits per heavy atom. The zero-order valence-corrected chi connectivity index (χ0v) is 11.0. The molecule has 1 saturated heterocycles. The normalized spacial score (nSPS) is 16.7. The van der Waals surface area contributed by atoms with Crippen molar-refractivity contribution in [3.63, 3.8) is 0 Å². The number of esters is 1. The van der Waals surface area contributed by atoms with Crippen LogP contribution in [0.5, 0.6) is 0 Å². The smallest absolute Gasteiger partial charge is 0.373 e. The first-order valence-electron chi connectivity index (χ1n) is 6.69. The van der Waals surface area contributed by atoms with Gasteiger partial charge in [-0.3, -0.25) is 0 Å². The highest BCUT2D eigenvalue weighted by Gasteiger charge is 2.12. The molecule has 18 heavy (non-hydrogen) atoms. The summed E-state index contributed by atoms with van der Waals surface area (Å²) in [6.45, 7) is 3.57. The Labute approximate surface area is 108 Å². The van der Waals surface area contributed by atoms with Crippen molar-refractivity contribution >= 4 is 5.97 Å². The Morgan fingerprint density at radius 2 is 2.11 bits per heavy atom. The van der Waals surface area contributed by atoms with Crippen LogP contribution in [0.3, 0.4) is 0 Å². The maximum atomic E-state index is 11.2. The van der Waals surface area contributed by atoms with Crippen LogP contribution < -0.4 is 0 Å². The summed E-state index contributed by atoms with van der Waals surface area (Å²) in [6.07, 6.45) is 5.99. The Kier molecular flexibility index (Phi) is 4.81. The number of carbonyl (C=O) groups excluding carboxylic acids is 1. The molecule has 2 rings (SSSR count). The number of hydrogen-bond donors (Lipinski definition) is 0. The molecule has 0 N–H and O–H groups in total. The van der Waals surface area contributed by atoms with Crippen molar-refractivity contribution in [2.45, 2.75) is 32.1 Å². The molecule has 4 nitrogen and oxygen atoms in total. The van der Waals surface area contributed by atoms with Crippen LogP contribution in [0, 0.1) is 0 Å². The molecule has 0 bridgehead atoms. The maximum absolute atomic E-state index is 11.2. The fourth-order valence-corrected chi connectivity index (χ4v) is 2.38. The summed E-state index contributed by atoms with van der Waals surface area (Å²) in [6, 6.07) is 3.55. The van der Waals surface area contributed by atoms with E-state index in [2.05, 4.69) is 9.64 Å². The van der Waals surface area contributed by atoms with E-state index in [0.717, 1.165) is 25.1 Å². The van der Waals surface area contributed by atoms with E-state index >= 15 is 0 Å². The molecule has 4 heteroatoms. The molecule has 0 saturated carbocycles. The molecule has 0 aliphatic carbocycles. The molecule has 100 valence electrons. The third kappa shape index (κ3) is 3.60. The average Bonchev–Trinajstić information content (AvgIpc) is 2.88. The van der Waals surface area contributed by atoms with Gasteiger partial charge in [0.15, 0.2) is 0 Å². The van der Waals surface area contributed by atoms with Gasteiger partial charge in [-0.2, -0.15) is 0 Å². The summed E-state index contributed by atoms with van der Waals surface area (Å²) in [4.78, 5) is 13.7. The third-order valence-corrected chi connectivity index (χ3v) is 3.39. The Bertz CT molecular complexity index is 380. The predicted octanol–water partition coefficient (Wildman–Crippen LogP) is 2.48. The lowest BCUT2D eigenvalue weighted by Crippen LogP contribution is -2.30. The Balaban J connectivity index is 1.72. The third-order valence-electron chi connectivity index (χ3n) is 3.39. The van der Waals surface area contributed by atoms with Gasteiger partial charge >= 0.3 is 5.97 Å². The van der Waals surface area contributed by atoms with Crippen molar-refractivity contribution in [1.29, 1.82) is 0 Å². The van der Waals surface area contributed by atoms with E-state index in [1.54, 1.807) is 6.07 Å². The zero-order chi connectivity index (χ0) is 12.8. The van der Waals surface area contributed by atoms with E-state index in [1.165, 1.54) is 39.5 Å². The highest BCUT2D eigenvalue weighted by molar-refractivity contribution is 5.86. The van der Waals surface area contributed by atoms with Crippen LogP contribution in [-0.2, 0) is 11.2 Å². The number of piperidine rings is 1. The number of rotatable bonds is 5. The standard InChI is InChI=1S/C14H21NO3/c1-17-14(16)13-8-7-12(18-13)6-5-11-15-9-3-2-4-10-15/h7-8H,2-6,9-11H2,1H3. The van der Waals surface area contributed by atoms with Crippen molar-refractivity contribution in [1.82, 2.24) is 4.90 Å². The fraction of sp³-hybridized carbons (Fsp3) is 0.643. The number of hydrogen-bond acceptors (Lipinski definition) is 4. The van der Waals surface area contributed by atoms with Gasteiger partial charge in [0.25, 0.3) is 0 Å². The lowest BCUT2D eigenvalue weighted by molar-refractivity contribution is 0.0563. The van der Waals surface area contributed by atoms with E-state index in [1.807, 2.05) is 6.07 Å². The SMILES string of the molecule is COC(=O)c1ccc(CCCN2CCCCC2)o1. The van der Waals surface area contributed by atoms with Gasteiger partial charge in [0, 0.05) is 6.42 Å². The lowest BCUT2D eigenvalue weighted by Gasteiger charge is -2.26. The second-order valence-electron chi connectivity index (χ2n) is 4.76. The molecule has 0 amide bonds. The molecule has 0 atom stereocenters. The number of likely N-dealkylation sites (tertiary alicyclic amines) is 1. The van der Waals surface area contributed by atoms with Crippen molar-refractivity contribution < 1.29 is 13.9 Å². The van der Waals surface area contributed by atoms with Crippen LogP contribution in [0.15, 0.2) is 16.5 Å². The topological polar surface area (TPSA) is 42.7 Å². The van der Waals surface area contributed by atoms with Crippen molar-refractivity contribution in [2.75, 3.05) is 26.7 Å². The molecule has 1 aromatic rings. The summed E-state index contributed by atoms with van der Waals surface area (Å²) in [7, 11) is 1.36. The quantitative estimate of drug-likeness (QED) is 0.754. The summed E-state index contributed by atoms with van der Waals surface area (Å²) in [5.41, 5.74) is 0. The molecule has 2 heterocycles. The minimum absolute atomic E-state index is 0.297. The lowest BCUT2D eigenvalue weighted by atomic mass is 10.1. The average molecular weight is 251 g/mol. The molecule has 1 aliphatic heterocycles. The summed E-state index contributed by atoms with van der Waals surface area (Å²) in [5.74, 6) is 0.759. The largest absolute Gasteiger partial charge is 0.463 e. The second kappa shape index (κ2) is 6.59. The number of carbonyl (C=O) groups is 1. The van der Waals surface area contributed by atoms with Crippen LogP contribution in [0.2, 0.25) is 0 Å². The van der Waals surface area contributed by atoms with Crippen molar-refractivity contribution in [3.8, 4) is 0 Å². The van der Waals surface area contributed by atoms with E-state index in [-0.39, 0.29) is 0 Å². The fourth-order valence-electron chi connectivity index (χ4n) is 2.38. The number of nitrogens with zero attached hydrogens (tertiary/aromatic N) is 1. The number of methoxy groups -OCH3 is 1. The van der Waals surface area contributed by atoms with Gasteiger partial charge < -0.3 is 14.1 Å². The molecular formula is C14H21NO3. The molecule has 0 aromatic carbocycles. The number of aryl methyl sites for hydroxylation is 1. The van der Waals surface area contributed by atoms with Crippen molar-refractivity contribution in [2.24, 2.45) is 0 Å². The van der Waals surface area contributed by atoms with Crippen LogP contribution >= 0.6 is 0 Å². The highest BCUT2D eigenvalue weighted by Crippen LogP contribution is 2.13. The van der Waals surface area contributed by atoms with Crippen molar-refractivity contribution in [3.05, 3.63) is 23.7 Å². The van der Waals surface area contributed by atoms with Crippen LogP contribution in [0.25, 0.3) is 0 Å². The van der Waals surface area contributed by atoms with E-state index in [0.29, 0.717) is 5.76 Å². The van der Waals surface area contributed by atoms with Gasteiger partial charge in [-0.1, -0.05) is 6.42 Å². The molecular weight excluding hydrogens is 230 g/mol. The summed E-state index contributed by atoms with van der Waals surface area (Å²) in [5, 5.41) is 0. The van der Waals surface area contributed by atoms with Gasteiger partial charge in [0.2, 0.25) is 5.76 Å². The predicted molar refractivity (Wildman–Crippen MR) is 68.7 cm³/mol. The molecule has 0 unspecified atom stereocenters. The Morgan fingerprint density at radius 3 is 2.83 bits per heavy atom. The van der Waals surface area contributed by atoms with Gasteiger partial charge in [0.1, 0.15) is 5.76 Å². The summed E-state index contributed by atoms with van der Waals surface area (Å²) >= 11 is 0. The monoisotopic (exact) mass is 251 g/mol. The van der Waals surface area contributed by atoms with Gasteiger partial charge in [-0.25, -0.2) is 4.79 Å². The minimum atomic E-state index is -0.405.